The smallest absolute Gasteiger partial charge is 0.231 e. The number of fused-ring (bicyclic) bond motifs is 3. The maximum atomic E-state index is 12.0. The van der Waals surface area contributed by atoms with E-state index >= 15 is 0 Å². The average molecular weight is 267 g/mol. The van der Waals surface area contributed by atoms with Crippen molar-refractivity contribution in [1.29, 1.82) is 0 Å². The fourth-order valence-electron chi connectivity index (χ4n) is 3.33. The van der Waals surface area contributed by atoms with Crippen molar-refractivity contribution in [3.8, 4) is 0 Å². The van der Waals surface area contributed by atoms with Gasteiger partial charge in [0.15, 0.2) is 0 Å². The van der Waals surface area contributed by atoms with Crippen LogP contribution in [0.3, 0.4) is 0 Å². The Balaban J connectivity index is 1.94. The molecule has 104 valence electrons. The van der Waals surface area contributed by atoms with E-state index in [0.717, 1.165) is 5.76 Å². The first-order valence-electron chi connectivity index (χ1n) is 6.42. The molecule has 5 atom stereocenters. The van der Waals surface area contributed by atoms with Gasteiger partial charge in [-0.15, -0.1) is 0 Å². The van der Waals surface area contributed by atoms with Gasteiger partial charge >= 0.3 is 0 Å². The van der Waals surface area contributed by atoms with Crippen LogP contribution in [0.4, 0.5) is 0 Å². The Morgan fingerprint density at radius 1 is 1.21 bits per heavy atom. The summed E-state index contributed by atoms with van der Waals surface area (Å²) in [6.45, 7) is 0. The lowest BCUT2D eigenvalue weighted by atomic mass is 9.72. The predicted molar refractivity (Wildman–Crippen MR) is 63.6 cm³/mol. The van der Waals surface area contributed by atoms with Crippen LogP contribution < -0.4 is 5.32 Å². The van der Waals surface area contributed by atoms with E-state index in [0.29, 0.717) is 12.8 Å². The SMILES string of the molecule is CO[C@@H]1C[C@@H](OC)[C@@H]2C(=CC[C@@H]3C(=O)NC(=O)[C@H]23)O1. The number of methoxy groups -OCH3 is 2. The Bertz CT molecular complexity index is 446. The average Bonchev–Trinajstić information content (AvgIpc) is 2.72. The Hall–Kier alpha value is -1.40. The van der Waals surface area contributed by atoms with Crippen molar-refractivity contribution < 1.29 is 23.8 Å². The summed E-state index contributed by atoms with van der Waals surface area (Å²) in [6, 6.07) is 0. The monoisotopic (exact) mass is 267 g/mol. The Kier molecular flexibility index (Phi) is 3.06. The summed E-state index contributed by atoms with van der Waals surface area (Å²) in [5, 5.41) is 2.41. The minimum atomic E-state index is -0.379. The van der Waals surface area contributed by atoms with Gasteiger partial charge in [0, 0.05) is 20.6 Å². The summed E-state index contributed by atoms with van der Waals surface area (Å²) in [4.78, 5) is 23.7. The van der Waals surface area contributed by atoms with Crippen molar-refractivity contribution in [2.45, 2.75) is 25.2 Å². The summed E-state index contributed by atoms with van der Waals surface area (Å²) in [7, 11) is 3.19. The predicted octanol–water partition coefficient (Wildman–Crippen LogP) is 0.187. The Morgan fingerprint density at radius 2 is 2.00 bits per heavy atom. The molecule has 0 aromatic carbocycles. The summed E-state index contributed by atoms with van der Waals surface area (Å²) in [6.07, 6.45) is 2.44. The zero-order valence-electron chi connectivity index (χ0n) is 10.9. The largest absolute Gasteiger partial charge is 0.469 e. The van der Waals surface area contributed by atoms with Gasteiger partial charge in [0.25, 0.3) is 0 Å². The second-order valence-corrected chi connectivity index (χ2v) is 5.15. The molecule has 0 saturated carbocycles. The highest BCUT2D eigenvalue weighted by Gasteiger charge is 2.54. The minimum Gasteiger partial charge on any atom is -0.469 e. The molecule has 2 heterocycles. The van der Waals surface area contributed by atoms with Crippen LogP contribution in [-0.2, 0) is 23.8 Å². The fraction of sp³-hybridized carbons (Fsp3) is 0.692. The normalized spacial score (nSPS) is 40.9. The molecule has 2 fully saturated rings. The molecule has 6 heteroatoms. The number of ether oxygens (including phenoxy) is 3. The molecule has 2 amide bonds. The van der Waals surface area contributed by atoms with Crippen molar-refractivity contribution in [3.63, 3.8) is 0 Å². The van der Waals surface area contributed by atoms with Crippen molar-refractivity contribution in [2.24, 2.45) is 17.8 Å². The number of rotatable bonds is 2. The molecule has 2 saturated heterocycles. The van der Waals surface area contributed by atoms with E-state index in [-0.39, 0.29) is 42.0 Å². The summed E-state index contributed by atoms with van der Waals surface area (Å²) < 4.78 is 16.4. The Labute approximate surface area is 111 Å². The maximum absolute atomic E-state index is 12.0. The number of nitrogens with one attached hydrogen (secondary N) is 1. The van der Waals surface area contributed by atoms with E-state index in [1.54, 1.807) is 14.2 Å². The molecule has 1 N–H and O–H groups in total. The molecule has 0 unspecified atom stereocenters. The summed E-state index contributed by atoms with van der Waals surface area (Å²) in [5.74, 6) is -0.546. The highest BCUT2D eigenvalue weighted by atomic mass is 16.7. The molecule has 0 radical (unpaired) electrons. The van der Waals surface area contributed by atoms with Crippen LogP contribution in [0.5, 0.6) is 0 Å². The summed E-state index contributed by atoms with van der Waals surface area (Å²) >= 11 is 0. The van der Waals surface area contributed by atoms with Crippen LogP contribution in [0.15, 0.2) is 11.8 Å². The molecule has 19 heavy (non-hydrogen) atoms. The van der Waals surface area contributed by atoms with Gasteiger partial charge in [0.2, 0.25) is 18.1 Å². The molecule has 3 aliphatic rings. The third-order valence-electron chi connectivity index (χ3n) is 4.27. The molecule has 3 rings (SSSR count). The summed E-state index contributed by atoms with van der Waals surface area (Å²) in [5.41, 5.74) is 0. The lowest BCUT2D eigenvalue weighted by molar-refractivity contribution is -0.177. The van der Waals surface area contributed by atoms with E-state index in [2.05, 4.69) is 5.32 Å². The van der Waals surface area contributed by atoms with Crippen LogP contribution in [0, 0.1) is 17.8 Å². The van der Waals surface area contributed by atoms with Gasteiger partial charge in [0.1, 0.15) is 5.76 Å². The van der Waals surface area contributed by atoms with Gasteiger partial charge in [-0.3, -0.25) is 14.9 Å². The topological polar surface area (TPSA) is 73.9 Å². The van der Waals surface area contributed by atoms with Crippen LogP contribution in [0.25, 0.3) is 0 Å². The maximum Gasteiger partial charge on any atom is 0.231 e. The molecule has 0 aromatic heterocycles. The zero-order chi connectivity index (χ0) is 13.6. The van der Waals surface area contributed by atoms with E-state index in [1.165, 1.54) is 0 Å². The van der Waals surface area contributed by atoms with Crippen LogP contribution in [0.1, 0.15) is 12.8 Å². The first kappa shape index (κ1) is 12.6. The van der Waals surface area contributed by atoms with Crippen LogP contribution in [0.2, 0.25) is 0 Å². The lowest BCUT2D eigenvalue weighted by Gasteiger charge is -2.42. The van der Waals surface area contributed by atoms with Crippen molar-refractivity contribution >= 4 is 11.8 Å². The third kappa shape index (κ3) is 1.86. The quantitative estimate of drug-likeness (QED) is 0.723. The number of hydrogen-bond donors (Lipinski definition) is 1. The fourth-order valence-corrected chi connectivity index (χ4v) is 3.33. The van der Waals surface area contributed by atoms with Gasteiger partial charge < -0.3 is 14.2 Å². The van der Waals surface area contributed by atoms with Gasteiger partial charge in [-0.2, -0.15) is 0 Å². The van der Waals surface area contributed by atoms with E-state index in [1.807, 2.05) is 6.08 Å². The van der Waals surface area contributed by atoms with Gasteiger partial charge in [-0.05, 0) is 12.5 Å². The number of imide groups is 1. The van der Waals surface area contributed by atoms with Gasteiger partial charge in [0.05, 0.1) is 23.9 Å². The standard InChI is InChI=1S/C13H17NO5/c1-17-8-5-9(18-2)19-7-4-3-6-10(11(7)8)13(16)14-12(6)15/h4,6,8-11H,3,5H2,1-2H3,(H,14,15,16)/t6-,8+,9-,10-,11-/m0/s1. The molecule has 1 aliphatic carbocycles. The van der Waals surface area contributed by atoms with Crippen LogP contribution in [-0.4, -0.2) is 38.4 Å². The minimum absolute atomic E-state index is 0.172. The number of carbonyl (C=O) groups is 2. The van der Waals surface area contributed by atoms with Crippen molar-refractivity contribution in [3.05, 3.63) is 11.8 Å². The second-order valence-electron chi connectivity index (χ2n) is 5.15. The second kappa shape index (κ2) is 4.61. The molecule has 0 bridgehead atoms. The number of hydrogen-bond acceptors (Lipinski definition) is 5. The zero-order valence-corrected chi connectivity index (χ0v) is 10.9. The number of amides is 2. The molecular weight excluding hydrogens is 250 g/mol. The highest BCUT2D eigenvalue weighted by molar-refractivity contribution is 6.05. The van der Waals surface area contributed by atoms with E-state index in [9.17, 15) is 9.59 Å². The van der Waals surface area contributed by atoms with Gasteiger partial charge in [-0.25, -0.2) is 0 Å². The number of carbonyl (C=O) groups excluding carboxylic acids is 2. The van der Waals surface area contributed by atoms with Gasteiger partial charge in [-0.1, -0.05) is 0 Å². The van der Waals surface area contributed by atoms with Crippen molar-refractivity contribution in [1.82, 2.24) is 5.32 Å². The van der Waals surface area contributed by atoms with Crippen LogP contribution >= 0.6 is 0 Å². The van der Waals surface area contributed by atoms with E-state index < -0.39 is 0 Å². The third-order valence-corrected chi connectivity index (χ3v) is 4.27. The first-order valence-corrected chi connectivity index (χ1v) is 6.42. The number of allylic oxidation sites excluding steroid dienone is 1. The first-order chi connectivity index (χ1) is 9.15. The Morgan fingerprint density at radius 3 is 2.68 bits per heavy atom. The molecule has 0 spiro atoms. The molecule has 6 nitrogen and oxygen atoms in total. The molecular formula is C13H17NO5. The van der Waals surface area contributed by atoms with E-state index in [4.69, 9.17) is 14.2 Å². The lowest BCUT2D eigenvalue weighted by Crippen LogP contribution is -2.46. The van der Waals surface area contributed by atoms with Crippen molar-refractivity contribution in [2.75, 3.05) is 14.2 Å². The highest BCUT2D eigenvalue weighted by Crippen LogP contribution is 2.45. The molecule has 2 aliphatic heterocycles. The molecule has 0 aromatic rings.